The van der Waals surface area contributed by atoms with Gasteiger partial charge in [-0.1, -0.05) is 99.4 Å². The van der Waals surface area contributed by atoms with Gasteiger partial charge in [0.2, 0.25) is 0 Å². The Kier molecular flexibility index (Phi) is 12.1. The van der Waals surface area contributed by atoms with Crippen LogP contribution in [0.2, 0.25) is 28.2 Å². The second kappa shape index (κ2) is 15.5. The van der Waals surface area contributed by atoms with Crippen LogP contribution < -0.4 is 9.47 Å². The summed E-state index contributed by atoms with van der Waals surface area (Å²) >= 11 is 12.4. The molecule has 242 valence electrons. The van der Waals surface area contributed by atoms with Crippen molar-refractivity contribution in [2.75, 3.05) is 26.4 Å². The SMILES string of the molecule is CCC1=C(c2ccc(OCCOc3c(Cl)cccc3Cl)cc2)CC(CO[Si](C)(C)C(C)(C)C)N(C(=O)OCc2ccccc2)C1. The maximum Gasteiger partial charge on any atom is 0.410 e. The van der Waals surface area contributed by atoms with Crippen molar-refractivity contribution >= 4 is 43.2 Å². The van der Waals surface area contributed by atoms with Crippen LogP contribution in [0.15, 0.2) is 78.4 Å². The molecule has 0 N–H and O–H groups in total. The largest absolute Gasteiger partial charge is 0.490 e. The second-order valence-electron chi connectivity index (χ2n) is 12.8. The average Bonchev–Trinajstić information content (AvgIpc) is 3.02. The molecule has 3 aromatic rings. The summed E-state index contributed by atoms with van der Waals surface area (Å²) in [6.45, 7) is 15.2. The van der Waals surface area contributed by atoms with Crippen molar-refractivity contribution in [3.63, 3.8) is 0 Å². The summed E-state index contributed by atoms with van der Waals surface area (Å²) in [6, 6.07) is 23.0. The van der Waals surface area contributed by atoms with Crippen LogP contribution in [0.1, 0.15) is 51.7 Å². The molecule has 0 fully saturated rings. The van der Waals surface area contributed by atoms with E-state index in [1.54, 1.807) is 18.2 Å². The van der Waals surface area contributed by atoms with E-state index in [0.717, 1.165) is 23.3 Å². The van der Waals surface area contributed by atoms with Crippen molar-refractivity contribution in [2.24, 2.45) is 0 Å². The molecule has 1 heterocycles. The van der Waals surface area contributed by atoms with Gasteiger partial charge in [0.05, 0.1) is 22.7 Å². The smallest absolute Gasteiger partial charge is 0.410 e. The predicted molar refractivity (Wildman–Crippen MR) is 186 cm³/mol. The summed E-state index contributed by atoms with van der Waals surface area (Å²) < 4.78 is 24.2. The van der Waals surface area contributed by atoms with Gasteiger partial charge in [0.15, 0.2) is 14.1 Å². The molecular formula is C36H45Cl2NO5Si. The van der Waals surface area contributed by atoms with Crippen molar-refractivity contribution in [1.82, 2.24) is 4.90 Å². The van der Waals surface area contributed by atoms with E-state index in [1.165, 1.54) is 11.1 Å². The summed E-state index contributed by atoms with van der Waals surface area (Å²) in [7, 11) is -2.04. The fourth-order valence-corrected chi connectivity index (χ4v) is 6.48. The number of carbonyl (C=O) groups is 1. The van der Waals surface area contributed by atoms with Crippen molar-refractivity contribution in [3.8, 4) is 11.5 Å². The molecule has 9 heteroatoms. The Hall–Kier alpha value is -2.97. The molecule has 1 atom stereocenters. The number of para-hydroxylation sites is 1. The highest BCUT2D eigenvalue weighted by atomic mass is 35.5. The van der Waals surface area contributed by atoms with Gasteiger partial charge < -0.3 is 18.6 Å². The Labute approximate surface area is 279 Å². The number of ether oxygens (including phenoxy) is 3. The molecule has 1 aliphatic heterocycles. The first-order valence-corrected chi connectivity index (χ1v) is 19.2. The summed E-state index contributed by atoms with van der Waals surface area (Å²) in [6.07, 6.45) is 1.20. The third kappa shape index (κ3) is 9.29. The van der Waals surface area contributed by atoms with Crippen LogP contribution in [0, 0.1) is 0 Å². The number of hydrogen-bond donors (Lipinski definition) is 0. The lowest BCUT2D eigenvalue weighted by molar-refractivity contribution is 0.0683. The Morgan fingerprint density at radius 1 is 0.911 bits per heavy atom. The van der Waals surface area contributed by atoms with Crippen molar-refractivity contribution in [2.45, 2.75) is 71.3 Å². The molecule has 0 saturated heterocycles. The molecule has 1 aliphatic rings. The predicted octanol–water partition coefficient (Wildman–Crippen LogP) is 10.0. The lowest BCUT2D eigenvalue weighted by Crippen LogP contribution is -2.50. The van der Waals surface area contributed by atoms with E-state index in [2.05, 4.69) is 52.9 Å². The lowest BCUT2D eigenvalue weighted by Gasteiger charge is -2.41. The number of amides is 1. The number of carbonyl (C=O) groups excluding carboxylic acids is 1. The zero-order valence-corrected chi connectivity index (χ0v) is 29.7. The molecule has 3 aromatic carbocycles. The van der Waals surface area contributed by atoms with E-state index in [4.69, 9.17) is 41.8 Å². The summed E-state index contributed by atoms with van der Waals surface area (Å²) in [4.78, 5) is 15.4. The number of hydrogen-bond acceptors (Lipinski definition) is 5. The van der Waals surface area contributed by atoms with Gasteiger partial charge in [-0.15, -0.1) is 0 Å². The van der Waals surface area contributed by atoms with Gasteiger partial charge in [-0.25, -0.2) is 4.79 Å². The minimum atomic E-state index is -2.04. The van der Waals surface area contributed by atoms with Crippen LogP contribution >= 0.6 is 23.2 Å². The average molecular weight is 671 g/mol. The molecular weight excluding hydrogens is 625 g/mol. The normalized spacial score (nSPS) is 15.6. The second-order valence-corrected chi connectivity index (χ2v) is 18.4. The van der Waals surface area contributed by atoms with Gasteiger partial charge >= 0.3 is 6.09 Å². The molecule has 45 heavy (non-hydrogen) atoms. The molecule has 0 spiro atoms. The van der Waals surface area contributed by atoms with Crippen LogP contribution in [0.4, 0.5) is 4.79 Å². The molecule has 0 radical (unpaired) electrons. The number of halogens is 2. The fraction of sp³-hybridized carbons (Fsp3) is 0.417. The third-order valence-electron chi connectivity index (χ3n) is 8.70. The van der Waals surface area contributed by atoms with Crippen LogP contribution in [-0.2, 0) is 15.8 Å². The number of benzene rings is 3. The van der Waals surface area contributed by atoms with Gasteiger partial charge in [0.1, 0.15) is 25.6 Å². The Morgan fingerprint density at radius 3 is 2.18 bits per heavy atom. The van der Waals surface area contributed by atoms with Crippen LogP contribution in [0.5, 0.6) is 11.5 Å². The summed E-state index contributed by atoms with van der Waals surface area (Å²) in [5.41, 5.74) is 4.55. The van der Waals surface area contributed by atoms with Crippen molar-refractivity contribution < 1.29 is 23.4 Å². The van der Waals surface area contributed by atoms with Crippen LogP contribution in [0.3, 0.4) is 0 Å². The summed E-state index contributed by atoms with van der Waals surface area (Å²) in [5.74, 6) is 1.20. The standard InChI is InChI=1S/C36H45Cl2NO5Si/c1-7-27-23-39(35(40)43-24-26-12-9-8-10-13-26)29(25-44-45(5,6)36(2,3)4)22-31(27)28-16-18-30(19-17-28)41-20-21-42-34-32(37)14-11-15-33(34)38/h8-19,29H,7,20-25H2,1-6H3. The first-order valence-electron chi connectivity index (χ1n) is 15.5. The Morgan fingerprint density at radius 2 is 1.56 bits per heavy atom. The van der Waals surface area contributed by atoms with E-state index in [9.17, 15) is 4.79 Å². The quantitative estimate of drug-likeness (QED) is 0.142. The zero-order valence-electron chi connectivity index (χ0n) is 27.2. The van der Waals surface area contributed by atoms with E-state index >= 15 is 0 Å². The Balaban J connectivity index is 1.46. The van der Waals surface area contributed by atoms with Gasteiger partial charge in [0.25, 0.3) is 0 Å². The van der Waals surface area contributed by atoms with Crippen molar-refractivity contribution in [3.05, 3.63) is 99.5 Å². The zero-order chi connectivity index (χ0) is 32.6. The van der Waals surface area contributed by atoms with E-state index in [-0.39, 0.29) is 23.8 Å². The number of rotatable bonds is 12. The number of nitrogens with zero attached hydrogens (tertiary/aromatic N) is 1. The van der Waals surface area contributed by atoms with Crippen LogP contribution in [0.25, 0.3) is 5.57 Å². The highest BCUT2D eigenvalue weighted by Gasteiger charge is 2.40. The van der Waals surface area contributed by atoms with Gasteiger partial charge in [-0.05, 0) is 77.5 Å². The molecule has 1 amide bonds. The lowest BCUT2D eigenvalue weighted by atomic mass is 9.88. The minimum absolute atomic E-state index is 0.0635. The van der Waals surface area contributed by atoms with E-state index < -0.39 is 8.32 Å². The molecule has 0 bridgehead atoms. The minimum Gasteiger partial charge on any atom is -0.490 e. The van der Waals surface area contributed by atoms with Crippen molar-refractivity contribution in [1.29, 1.82) is 0 Å². The maximum atomic E-state index is 13.5. The summed E-state index contributed by atoms with van der Waals surface area (Å²) in [5, 5.41) is 0.999. The van der Waals surface area contributed by atoms with Crippen LogP contribution in [-0.4, -0.2) is 51.7 Å². The first-order chi connectivity index (χ1) is 21.4. The molecule has 4 rings (SSSR count). The topological polar surface area (TPSA) is 57.2 Å². The highest BCUT2D eigenvalue weighted by molar-refractivity contribution is 6.74. The van der Waals surface area contributed by atoms with E-state index in [0.29, 0.717) is 48.6 Å². The first kappa shape index (κ1) is 34.9. The fourth-order valence-electron chi connectivity index (χ4n) is 4.93. The maximum absolute atomic E-state index is 13.5. The van der Waals surface area contributed by atoms with Gasteiger partial charge in [-0.2, -0.15) is 0 Å². The Bertz CT molecular complexity index is 1430. The molecule has 6 nitrogen and oxygen atoms in total. The van der Waals surface area contributed by atoms with Gasteiger partial charge in [0, 0.05) is 6.54 Å². The highest BCUT2D eigenvalue weighted by Crippen LogP contribution is 2.39. The molecule has 0 aliphatic carbocycles. The molecule has 0 saturated carbocycles. The van der Waals surface area contributed by atoms with Gasteiger partial charge in [-0.3, -0.25) is 4.90 Å². The molecule has 0 aromatic heterocycles. The third-order valence-corrected chi connectivity index (χ3v) is 13.8. The van der Waals surface area contributed by atoms with E-state index in [1.807, 2.05) is 47.4 Å². The monoisotopic (exact) mass is 669 g/mol. The molecule has 1 unspecified atom stereocenters.